The topological polar surface area (TPSA) is 58.2 Å². The molecule has 0 atom stereocenters. The molecular formula is C12H18N2O2S. The van der Waals surface area contributed by atoms with E-state index in [1.54, 1.807) is 6.07 Å². The maximum absolute atomic E-state index is 11.1. The molecule has 5 heteroatoms. The van der Waals surface area contributed by atoms with Gasteiger partial charge in [0.2, 0.25) is 10.0 Å². The lowest BCUT2D eigenvalue weighted by Crippen LogP contribution is -2.20. The van der Waals surface area contributed by atoms with Crippen molar-refractivity contribution in [2.45, 2.75) is 19.3 Å². The Morgan fingerprint density at radius 1 is 1.29 bits per heavy atom. The molecule has 2 N–H and O–H groups in total. The minimum Gasteiger partial charge on any atom is -0.385 e. The minimum atomic E-state index is -3.20. The first-order valence-corrected chi connectivity index (χ1v) is 7.74. The van der Waals surface area contributed by atoms with Gasteiger partial charge < -0.3 is 5.32 Å². The van der Waals surface area contributed by atoms with Crippen LogP contribution in [0.4, 0.5) is 11.4 Å². The number of hydrogen-bond donors (Lipinski definition) is 2. The molecule has 0 spiro atoms. The molecule has 94 valence electrons. The highest BCUT2D eigenvalue weighted by Crippen LogP contribution is 2.26. The summed E-state index contributed by atoms with van der Waals surface area (Å²) >= 11 is 0. The van der Waals surface area contributed by atoms with Gasteiger partial charge in [-0.3, -0.25) is 4.72 Å². The lowest BCUT2D eigenvalue weighted by molar-refractivity contribution is 0.333. The van der Waals surface area contributed by atoms with Gasteiger partial charge in [-0.25, -0.2) is 8.42 Å². The molecule has 0 aromatic heterocycles. The fourth-order valence-corrected chi connectivity index (χ4v) is 2.42. The van der Waals surface area contributed by atoms with Crippen molar-refractivity contribution in [3.63, 3.8) is 0 Å². The summed E-state index contributed by atoms with van der Waals surface area (Å²) in [5.41, 5.74) is 1.57. The van der Waals surface area contributed by atoms with E-state index >= 15 is 0 Å². The van der Waals surface area contributed by atoms with E-state index in [1.807, 2.05) is 18.2 Å². The molecule has 2 rings (SSSR count). The monoisotopic (exact) mass is 254 g/mol. The largest absolute Gasteiger partial charge is 0.385 e. The Hall–Kier alpha value is -1.23. The predicted octanol–water partition coefficient (Wildman–Crippen LogP) is 2.27. The lowest BCUT2D eigenvalue weighted by atomic mass is 9.85. The summed E-state index contributed by atoms with van der Waals surface area (Å²) in [6.07, 6.45) is 5.09. The molecule has 0 amide bonds. The van der Waals surface area contributed by atoms with Crippen LogP contribution in [0.2, 0.25) is 0 Å². The molecular weight excluding hydrogens is 236 g/mol. The number of hydrogen-bond acceptors (Lipinski definition) is 3. The number of sulfonamides is 1. The molecule has 4 nitrogen and oxygen atoms in total. The highest BCUT2D eigenvalue weighted by atomic mass is 32.2. The molecule has 0 unspecified atom stereocenters. The summed E-state index contributed by atoms with van der Waals surface area (Å²) in [6, 6.07) is 7.36. The van der Waals surface area contributed by atoms with Crippen LogP contribution in [0.25, 0.3) is 0 Å². The second kappa shape index (κ2) is 4.96. The highest BCUT2D eigenvalue weighted by molar-refractivity contribution is 7.92. The Bertz CT molecular complexity index is 481. The normalized spacial score (nSPS) is 16.3. The molecule has 1 aromatic carbocycles. The third kappa shape index (κ3) is 3.93. The first kappa shape index (κ1) is 12.2. The van der Waals surface area contributed by atoms with Crippen LogP contribution in [0.15, 0.2) is 24.3 Å². The summed E-state index contributed by atoms with van der Waals surface area (Å²) < 4.78 is 24.7. The molecule has 0 bridgehead atoms. The summed E-state index contributed by atoms with van der Waals surface area (Å²) in [5, 5.41) is 3.34. The van der Waals surface area contributed by atoms with Crippen LogP contribution in [-0.2, 0) is 10.0 Å². The summed E-state index contributed by atoms with van der Waals surface area (Å²) in [5.74, 6) is 0.779. The van der Waals surface area contributed by atoms with E-state index in [9.17, 15) is 8.42 Å². The van der Waals surface area contributed by atoms with Crippen LogP contribution in [0.5, 0.6) is 0 Å². The molecule has 17 heavy (non-hydrogen) atoms. The second-order valence-corrected chi connectivity index (χ2v) is 6.38. The van der Waals surface area contributed by atoms with Crippen LogP contribution >= 0.6 is 0 Å². The zero-order chi connectivity index (χ0) is 12.3. The number of rotatable bonds is 5. The summed E-state index contributed by atoms with van der Waals surface area (Å²) in [7, 11) is -3.20. The van der Waals surface area contributed by atoms with Crippen molar-refractivity contribution in [2.24, 2.45) is 5.92 Å². The van der Waals surface area contributed by atoms with Gasteiger partial charge in [0.05, 0.1) is 11.9 Å². The van der Waals surface area contributed by atoms with Gasteiger partial charge in [-0.1, -0.05) is 12.5 Å². The van der Waals surface area contributed by atoms with Gasteiger partial charge in [-0.05, 0) is 37.0 Å². The molecule has 0 radical (unpaired) electrons. The standard InChI is InChI=1S/C12H18N2O2S/c1-17(15,16)14-12-7-3-6-11(8-12)13-9-10-4-2-5-10/h3,6-8,10,13-14H,2,4-5,9H2,1H3. The Morgan fingerprint density at radius 3 is 2.59 bits per heavy atom. The van der Waals surface area contributed by atoms with Gasteiger partial charge in [0.25, 0.3) is 0 Å². The molecule has 0 saturated heterocycles. The van der Waals surface area contributed by atoms with Crippen molar-refractivity contribution in [1.82, 2.24) is 0 Å². The number of benzene rings is 1. The molecule has 0 aliphatic heterocycles. The lowest BCUT2D eigenvalue weighted by Gasteiger charge is -2.25. The van der Waals surface area contributed by atoms with Crippen LogP contribution in [0, 0.1) is 5.92 Å². The summed E-state index contributed by atoms with van der Waals surface area (Å²) in [6.45, 7) is 0.975. The van der Waals surface area contributed by atoms with E-state index in [-0.39, 0.29) is 0 Å². The van der Waals surface area contributed by atoms with Gasteiger partial charge >= 0.3 is 0 Å². The first-order chi connectivity index (χ1) is 8.03. The quantitative estimate of drug-likeness (QED) is 0.847. The average Bonchev–Trinajstić information content (AvgIpc) is 2.13. The maximum atomic E-state index is 11.1. The van der Waals surface area contributed by atoms with Gasteiger partial charge in [0, 0.05) is 12.2 Å². The minimum absolute atomic E-state index is 0.603. The van der Waals surface area contributed by atoms with Gasteiger partial charge in [-0.15, -0.1) is 0 Å². The van der Waals surface area contributed by atoms with Crippen LogP contribution in [0.1, 0.15) is 19.3 Å². The van der Waals surface area contributed by atoms with E-state index in [1.165, 1.54) is 19.3 Å². The van der Waals surface area contributed by atoms with Crippen molar-refractivity contribution in [1.29, 1.82) is 0 Å². The average molecular weight is 254 g/mol. The Kier molecular flexibility index (Phi) is 3.57. The van der Waals surface area contributed by atoms with Crippen molar-refractivity contribution in [2.75, 3.05) is 22.8 Å². The third-order valence-electron chi connectivity index (χ3n) is 2.99. The third-order valence-corrected chi connectivity index (χ3v) is 3.59. The zero-order valence-electron chi connectivity index (χ0n) is 9.94. The molecule has 0 heterocycles. The molecule has 1 aliphatic rings. The first-order valence-electron chi connectivity index (χ1n) is 5.85. The molecule has 1 aromatic rings. The van der Waals surface area contributed by atoms with Crippen molar-refractivity contribution < 1.29 is 8.42 Å². The van der Waals surface area contributed by atoms with E-state index < -0.39 is 10.0 Å². The Morgan fingerprint density at radius 2 is 2.00 bits per heavy atom. The van der Waals surface area contributed by atoms with Gasteiger partial charge in [0.15, 0.2) is 0 Å². The SMILES string of the molecule is CS(=O)(=O)Nc1cccc(NCC2CCC2)c1. The van der Waals surface area contributed by atoms with Crippen molar-refractivity contribution in [3.8, 4) is 0 Å². The van der Waals surface area contributed by atoms with E-state index in [0.29, 0.717) is 5.69 Å². The van der Waals surface area contributed by atoms with E-state index in [0.717, 1.165) is 24.4 Å². The highest BCUT2D eigenvalue weighted by Gasteiger charge is 2.16. The van der Waals surface area contributed by atoms with E-state index in [4.69, 9.17) is 0 Å². The Balaban J connectivity index is 1.95. The molecule has 1 aliphatic carbocycles. The van der Waals surface area contributed by atoms with Gasteiger partial charge in [0.1, 0.15) is 0 Å². The fourth-order valence-electron chi connectivity index (χ4n) is 1.87. The molecule has 1 fully saturated rings. The zero-order valence-corrected chi connectivity index (χ0v) is 10.8. The maximum Gasteiger partial charge on any atom is 0.229 e. The molecule has 1 saturated carbocycles. The number of nitrogens with one attached hydrogen (secondary N) is 2. The van der Waals surface area contributed by atoms with Crippen LogP contribution in [-0.4, -0.2) is 21.2 Å². The fraction of sp³-hybridized carbons (Fsp3) is 0.500. The van der Waals surface area contributed by atoms with Gasteiger partial charge in [-0.2, -0.15) is 0 Å². The predicted molar refractivity (Wildman–Crippen MR) is 70.7 cm³/mol. The van der Waals surface area contributed by atoms with Crippen LogP contribution < -0.4 is 10.0 Å². The van der Waals surface area contributed by atoms with Crippen LogP contribution in [0.3, 0.4) is 0 Å². The van der Waals surface area contributed by atoms with E-state index in [2.05, 4.69) is 10.0 Å². The van der Waals surface area contributed by atoms with Crippen molar-refractivity contribution >= 4 is 21.4 Å². The van der Waals surface area contributed by atoms with Crippen molar-refractivity contribution in [3.05, 3.63) is 24.3 Å². The number of anilines is 2. The summed E-state index contributed by atoms with van der Waals surface area (Å²) in [4.78, 5) is 0. The second-order valence-electron chi connectivity index (χ2n) is 4.63. The smallest absolute Gasteiger partial charge is 0.229 e. The Labute approximate surface area is 102 Å².